The average Bonchev–Trinajstić information content (AvgIpc) is 2.75. The summed E-state index contributed by atoms with van der Waals surface area (Å²) >= 11 is 0. The van der Waals surface area contributed by atoms with Crippen LogP contribution in [0.4, 0.5) is 5.82 Å². The minimum atomic E-state index is -0.913. The number of amides is 1. The third kappa shape index (κ3) is 5.51. The van der Waals surface area contributed by atoms with Crippen LogP contribution in [-0.2, 0) is 16.1 Å². The van der Waals surface area contributed by atoms with Crippen LogP contribution in [0.25, 0.3) is 0 Å². The maximum Gasteiger partial charge on any atom is 0.381 e. The zero-order valence-corrected chi connectivity index (χ0v) is 12.8. The number of aryl methyl sites for hydroxylation is 2. The minimum Gasteiger partial charge on any atom is -0.481 e. The highest BCUT2D eigenvalue weighted by Crippen LogP contribution is 2.13. The van der Waals surface area contributed by atoms with Gasteiger partial charge in [-0.05, 0) is 30.2 Å². The summed E-state index contributed by atoms with van der Waals surface area (Å²) in [7, 11) is 0. The van der Waals surface area contributed by atoms with Crippen LogP contribution >= 0.6 is 0 Å². The van der Waals surface area contributed by atoms with Crippen molar-refractivity contribution in [1.29, 1.82) is 0 Å². The smallest absolute Gasteiger partial charge is 0.381 e. The maximum atomic E-state index is 11.9. The number of nitrogens with zero attached hydrogens (tertiary/aromatic N) is 3. The Labute approximate surface area is 127 Å². The fraction of sp³-hybridized carbons (Fsp3) is 0.615. The first-order valence-electron chi connectivity index (χ1n) is 6.82. The van der Waals surface area contributed by atoms with Gasteiger partial charge in [-0.3, -0.25) is 9.59 Å². The Morgan fingerprint density at radius 3 is 2.59 bits per heavy atom. The number of carboxylic acid groups (broad SMARTS) is 1. The van der Waals surface area contributed by atoms with Gasteiger partial charge in [0.15, 0.2) is 0 Å². The monoisotopic (exact) mass is 312 g/mol. The molecule has 9 nitrogen and oxygen atoms in total. The number of nitrogens with one attached hydrogen (secondary N) is 1. The molecule has 0 spiro atoms. The second-order valence-corrected chi connectivity index (χ2v) is 5.67. The molecule has 0 atom stereocenters. The van der Waals surface area contributed by atoms with Crippen molar-refractivity contribution in [2.24, 2.45) is 0 Å². The zero-order valence-electron chi connectivity index (χ0n) is 12.8. The van der Waals surface area contributed by atoms with Gasteiger partial charge in [-0.15, -0.1) is 0 Å². The van der Waals surface area contributed by atoms with Crippen LogP contribution < -0.4 is 5.32 Å². The summed E-state index contributed by atoms with van der Waals surface area (Å²) in [6.07, 6.45) is 1.72. The second-order valence-electron chi connectivity index (χ2n) is 5.67. The van der Waals surface area contributed by atoms with E-state index in [1.54, 1.807) is 25.3 Å². The van der Waals surface area contributed by atoms with E-state index in [9.17, 15) is 19.7 Å². The van der Waals surface area contributed by atoms with Crippen molar-refractivity contribution in [2.45, 2.75) is 52.1 Å². The molecule has 122 valence electrons. The van der Waals surface area contributed by atoms with Crippen molar-refractivity contribution in [1.82, 2.24) is 14.9 Å². The summed E-state index contributed by atoms with van der Waals surface area (Å²) in [5, 5.41) is 22.0. The highest BCUT2D eigenvalue weighted by molar-refractivity contribution is 5.76. The largest absolute Gasteiger partial charge is 0.481 e. The normalized spacial score (nSPS) is 11.2. The topological polar surface area (TPSA) is 127 Å². The van der Waals surface area contributed by atoms with Gasteiger partial charge in [-0.1, -0.05) is 0 Å². The Bertz CT molecular complexity index is 579. The summed E-state index contributed by atoms with van der Waals surface area (Å²) in [5.74, 6) is -0.945. The van der Waals surface area contributed by atoms with Gasteiger partial charge in [0.05, 0.1) is 0 Å². The highest BCUT2D eigenvalue weighted by atomic mass is 16.6. The van der Waals surface area contributed by atoms with Crippen LogP contribution in [0.2, 0.25) is 0 Å². The molecule has 1 rings (SSSR count). The number of aliphatic carboxylic acids is 1. The first-order valence-corrected chi connectivity index (χ1v) is 6.82. The maximum absolute atomic E-state index is 11.9. The van der Waals surface area contributed by atoms with E-state index in [1.807, 2.05) is 0 Å². The van der Waals surface area contributed by atoms with Crippen LogP contribution in [0.1, 0.15) is 38.9 Å². The van der Waals surface area contributed by atoms with Gasteiger partial charge in [0.25, 0.3) is 0 Å². The third-order valence-corrected chi connectivity index (χ3v) is 3.17. The molecular formula is C13H20N4O5. The lowest BCUT2D eigenvalue weighted by Crippen LogP contribution is -2.43. The summed E-state index contributed by atoms with van der Waals surface area (Å²) in [6, 6.07) is 0. The predicted molar refractivity (Wildman–Crippen MR) is 77.3 cm³/mol. The molecule has 1 heterocycles. The van der Waals surface area contributed by atoms with E-state index in [4.69, 9.17) is 5.11 Å². The SMILES string of the molecule is Cc1nc([N+](=O)[O-])cn1CCC(=O)NC(C)(C)CCC(=O)O. The Hall–Kier alpha value is -2.45. The van der Waals surface area contributed by atoms with E-state index in [1.165, 1.54) is 6.20 Å². The van der Waals surface area contributed by atoms with E-state index in [-0.39, 0.29) is 31.1 Å². The molecule has 0 saturated heterocycles. The van der Waals surface area contributed by atoms with Gasteiger partial charge in [0, 0.05) is 31.8 Å². The van der Waals surface area contributed by atoms with Gasteiger partial charge in [0.2, 0.25) is 11.7 Å². The number of aromatic nitrogens is 2. The lowest BCUT2D eigenvalue weighted by molar-refractivity contribution is -0.389. The van der Waals surface area contributed by atoms with Crippen molar-refractivity contribution in [3.63, 3.8) is 0 Å². The molecule has 0 aliphatic rings. The minimum absolute atomic E-state index is 0.0277. The zero-order chi connectivity index (χ0) is 16.9. The first kappa shape index (κ1) is 17.6. The number of carbonyl (C=O) groups is 2. The second kappa shape index (κ2) is 7.01. The molecule has 0 saturated carbocycles. The van der Waals surface area contributed by atoms with Crippen LogP contribution in [-0.4, -0.2) is 37.0 Å². The van der Waals surface area contributed by atoms with Crippen LogP contribution in [0.3, 0.4) is 0 Å². The fourth-order valence-electron chi connectivity index (χ4n) is 1.95. The predicted octanol–water partition coefficient (Wildman–Crippen LogP) is 1.25. The van der Waals surface area contributed by atoms with E-state index >= 15 is 0 Å². The van der Waals surface area contributed by atoms with E-state index in [2.05, 4.69) is 10.3 Å². The van der Waals surface area contributed by atoms with Crippen molar-refractivity contribution in [3.05, 3.63) is 22.1 Å². The quantitative estimate of drug-likeness (QED) is 0.549. The number of carbonyl (C=O) groups excluding carboxylic acids is 1. The molecule has 0 aliphatic heterocycles. The molecule has 22 heavy (non-hydrogen) atoms. The molecular weight excluding hydrogens is 292 g/mol. The molecule has 0 fully saturated rings. The van der Waals surface area contributed by atoms with Gasteiger partial charge in [-0.2, -0.15) is 0 Å². The number of rotatable bonds is 8. The van der Waals surface area contributed by atoms with Crippen LogP contribution in [0.15, 0.2) is 6.20 Å². The molecule has 1 aromatic rings. The van der Waals surface area contributed by atoms with Gasteiger partial charge in [-0.25, -0.2) is 0 Å². The van der Waals surface area contributed by atoms with Crippen molar-refractivity contribution in [3.8, 4) is 0 Å². The van der Waals surface area contributed by atoms with Crippen molar-refractivity contribution in [2.75, 3.05) is 0 Å². The number of imidazole rings is 1. The third-order valence-electron chi connectivity index (χ3n) is 3.17. The summed E-state index contributed by atoms with van der Waals surface area (Å²) < 4.78 is 1.54. The standard InChI is InChI=1S/C13H20N4O5/c1-9-14-10(17(21)22)8-16(9)7-5-11(18)15-13(2,3)6-4-12(19)20/h8H,4-7H2,1-3H3,(H,15,18)(H,19,20). The molecule has 1 aromatic heterocycles. The van der Waals surface area contributed by atoms with Crippen molar-refractivity contribution >= 4 is 17.7 Å². The first-order chi connectivity index (χ1) is 10.1. The Kier molecular flexibility index (Phi) is 5.61. The van der Waals surface area contributed by atoms with E-state index in [0.29, 0.717) is 12.2 Å². The van der Waals surface area contributed by atoms with Gasteiger partial charge in [0.1, 0.15) is 6.20 Å². The fourth-order valence-corrected chi connectivity index (χ4v) is 1.95. The molecule has 0 radical (unpaired) electrons. The van der Waals surface area contributed by atoms with Gasteiger partial charge < -0.3 is 25.1 Å². The molecule has 0 unspecified atom stereocenters. The lowest BCUT2D eigenvalue weighted by Gasteiger charge is -2.25. The Morgan fingerprint density at radius 2 is 2.09 bits per heavy atom. The number of carboxylic acids is 1. The number of hydrogen-bond acceptors (Lipinski definition) is 5. The summed E-state index contributed by atoms with van der Waals surface area (Å²) in [6.45, 7) is 5.40. The Balaban J connectivity index is 2.52. The Morgan fingerprint density at radius 1 is 1.45 bits per heavy atom. The summed E-state index contributed by atoms with van der Waals surface area (Å²) in [5.41, 5.74) is -0.620. The molecule has 1 amide bonds. The molecule has 2 N–H and O–H groups in total. The van der Waals surface area contributed by atoms with Crippen LogP contribution in [0.5, 0.6) is 0 Å². The highest BCUT2D eigenvalue weighted by Gasteiger charge is 2.22. The molecule has 0 bridgehead atoms. The van der Waals surface area contributed by atoms with Gasteiger partial charge >= 0.3 is 11.8 Å². The lowest BCUT2D eigenvalue weighted by atomic mass is 9.98. The molecule has 9 heteroatoms. The van der Waals surface area contributed by atoms with Crippen LogP contribution in [0, 0.1) is 17.0 Å². The number of nitro groups is 1. The van der Waals surface area contributed by atoms with E-state index < -0.39 is 16.4 Å². The van der Waals surface area contributed by atoms with E-state index in [0.717, 1.165) is 0 Å². The average molecular weight is 312 g/mol. The summed E-state index contributed by atoms with van der Waals surface area (Å²) in [4.78, 5) is 36.3. The van der Waals surface area contributed by atoms with Crippen molar-refractivity contribution < 1.29 is 19.6 Å². The molecule has 0 aromatic carbocycles. The molecule has 0 aliphatic carbocycles. The number of hydrogen-bond donors (Lipinski definition) is 2.